The number of nitrogens with zero attached hydrogens (tertiary/aromatic N) is 3. The number of carbonyl (C=O) groups is 1. The predicted molar refractivity (Wildman–Crippen MR) is 117 cm³/mol. The second kappa shape index (κ2) is 9.33. The van der Waals surface area contributed by atoms with Gasteiger partial charge in [-0.15, -0.1) is 0 Å². The number of thiazole rings is 1. The molecule has 0 radical (unpaired) electrons. The molecule has 1 amide bonds. The standard InChI is InChI=1S/C22H26FN3O2S/c1-15-12-16(2)21-18(13-15)24-22(29-21)26(11-7-10-25(3)4)20(27)14-28-19-9-6-5-8-17(19)23/h5-6,8-9,12-13H,7,10-11,14H2,1-4H3. The van der Waals surface area contributed by atoms with Gasteiger partial charge in [0.2, 0.25) is 0 Å². The first kappa shape index (κ1) is 21.2. The van der Waals surface area contributed by atoms with E-state index in [0.717, 1.165) is 34.3 Å². The number of hydrogen-bond donors (Lipinski definition) is 0. The number of fused-ring (bicyclic) bond motifs is 1. The van der Waals surface area contributed by atoms with E-state index in [0.29, 0.717) is 11.7 Å². The number of rotatable bonds is 8. The van der Waals surface area contributed by atoms with Crippen LogP contribution in [0.5, 0.6) is 5.75 Å². The molecule has 0 aliphatic heterocycles. The molecule has 29 heavy (non-hydrogen) atoms. The van der Waals surface area contributed by atoms with E-state index in [4.69, 9.17) is 9.72 Å². The molecule has 0 aliphatic rings. The van der Waals surface area contributed by atoms with Gasteiger partial charge in [0.25, 0.3) is 5.91 Å². The summed E-state index contributed by atoms with van der Waals surface area (Å²) in [6.07, 6.45) is 0.798. The van der Waals surface area contributed by atoms with Gasteiger partial charge in [-0.2, -0.15) is 0 Å². The van der Waals surface area contributed by atoms with E-state index in [2.05, 4.69) is 17.9 Å². The van der Waals surface area contributed by atoms with Crippen molar-refractivity contribution in [3.8, 4) is 5.75 Å². The fourth-order valence-electron chi connectivity index (χ4n) is 3.13. The van der Waals surface area contributed by atoms with Gasteiger partial charge in [-0.3, -0.25) is 9.69 Å². The van der Waals surface area contributed by atoms with Crippen LogP contribution in [0, 0.1) is 19.7 Å². The van der Waals surface area contributed by atoms with Crippen molar-refractivity contribution in [2.45, 2.75) is 20.3 Å². The number of ether oxygens (including phenoxy) is 1. The Hall–Kier alpha value is -2.51. The quantitative estimate of drug-likeness (QED) is 0.547. The number of benzene rings is 2. The lowest BCUT2D eigenvalue weighted by Crippen LogP contribution is -2.37. The largest absolute Gasteiger partial charge is 0.481 e. The Kier molecular flexibility index (Phi) is 6.82. The highest BCUT2D eigenvalue weighted by Gasteiger charge is 2.21. The average molecular weight is 416 g/mol. The maximum absolute atomic E-state index is 13.8. The topological polar surface area (TPSA) is 45.7 Å². The Morgan fingerprint density at radius 1 is 1.17 bits per heavy atom. The van der Waals surface area contributed by atoms with Crippen LogP contribution in [-0.4, -0.2) is 49.6 Å². The third-order valence-corrected chi connectivity index (χ3v) is 5.75. The number of anilines is 1. The minimum atomic E-state index is -0.481. The van der Waals surface area contributed by atoms with E-state index in [1.165, 1.54) is 23.5 Å². The molecular formula is C22H26FN3O2S. The summed E-state index contributed by atoms with van der Waals surface area (Å²) in [5.41, 5.74) is 3.18. The van der Waals surface area contributed by atoms with Crippen LogP contribution in [0.4, 0.5) is 9.52 Å². The summed E-state index contributed by atoms with van der Waals surface area (Å²) < 4.78 is 20.3. The molecule has 0 atom stereocenters. The van der Waals surface area contributed by atoms with Gasteiger partial charge in [0, 0.05) is 6.54 Å². The summed E-state index contributed by atoms with van der Waals surface area (Å²) in [5.74, 6) is -0.643. The van der Waals surface area contributed by atoms with Crippen LogP contribution in [0.3, 0.4) is 0 Å². The van der Waals surface area contributed by atoms with Crippen LogP contribution in [0.25, 0.3) is 10.2 Å². The highest BCUT2D eigenvalue weighted by molar-refractivity contribution is 7.22. The van der Waals surface area contributed by atoms with Crippen LogP contribution in [-0.2, 0) is 4.79 Å². The minimum absolute atomic E-state index is 0.0739. The number of hydrogen-bond acceptors (Lipinski definition) is 5. The van der Waals surface area contributed by atoms with Gasteiger partial charge in [0.1, 0.15) is 0 Å². The first-order valence-corrected chi connectivity index (χ1v) is 10.4. The summed E-state index contributed by atoms with van der Waals surface area (Å²) in [6.45, 7) is 5.22. The van der Waals surface area contributed by atoms with E-state index in [9.17, 15) is 9.18 Å². The number of amides is 1. The molecular weight excluding hydrogens is 389 g/mol. The second-order valence-electron chi connectivity index (χ2n) is 7.35. The first-order chi connectivity index (χ1) is 13.8. The smallest absolute Gasteiger partial charge is 0.266 e. The summed E-state index contributed by atoms with van der Waals surface area (Å²) in [6, 6.07) is 10.2. The van der Waals surface area contributed by atoms with Crippen molar-refractivity contribution >= 4 is 32.6 Å². The summed E-state index contributed by atoms with van der Waals surface area (Å²) in [5, 5.41) is 0.648. The maximum atomic E-state index is 13.8. The number of halogens is 1. The van der Waals surface area contributed by atoms with Crippen molar-refractivity contribution in [1.82, 2.24) is 9.88 Å². The van der Waals surface area contributed by atoms with Crippen molar-refractivity contribution in [2.75, 3.05) is 38.7 Å². The lowest BCUT2D eigenvalue weighted by molar-refractivity contribution is -0.120. The van der Waals surface area contributed by atoms with E-state index in [-0.39, 0.29) is 18.3 Å². The molecule has 0 saturated carbocycles. The third kappa shape index (κ3) is 5.31. The highest BCUT2D eigenvalue weighted by Crippen LogP contribution is 2.32. The highest BCUT2D eigenvalue weighted by atomic mass is 32.1. The van der Waals surface area contributed by atoms with Crippen LogP contribution in [0.15, 0.2) is 36.4 Å². The van der Waals surface area contributed by atoms with Crippen LogP contribution >= 0.6 is 11.3 Å². The summed E-state index contributed by atoms with van der Waals surface area (Å²) in [4.78, 5) is 21.4. The molecule has 0 bridgehead atoms. The van der Waals surface area contributed by atoms with E-state index < -0.39 is 5.82 Å². The Labute approximate surface area is 174 Å². The van der Waals surface area contributed by atoms with Gasteiger partial charge >= 0.3 is 0 Å². The Morgan fingerprint density at radius 2 is 1.93 bits per heavy atom. The van der Waals surface area contributed by atoms with Gasteiger partial charge < -0.3 is 9.64 Å². The molecule has 7 heteroatoms. The molecule has 3 rings (SSSR count). The molecule has 2 aromatic carbocycles. The van der Waals surface area contributed by atoms with Crippen molar-refractivity contribution in [1.29, 1.82) is 0 Å². The van der Waals surface area contributed by atoms with Gasteiger partial charge in [0.15, 0.2) is 23.3 Å². The SMILES string of the molecule is Cc1cc(C)c2sc(N(CCCN(C)C)C(=O)COc3ccccc3F)nc2c1. The molecule has 1 aromatic heterocycles. The summed E-state index contributed by atoms with van der Waals surface area (Å²) in [7, 11) is 3.99. The molecule has 1 heterocycles. The predicted octanol–water partition coefficient (Wildman–Crippen LogP) is 4.42. The maximum Gasteiger partial charge on any atom is 0.266 e. The van der Waals surface area contributed by atoms with Crippen molar-refractivity contribution in [3.63, 3.8) is 0 Å². The monoisotopic (exact) mass is 415 g/mol. The fourth-order valence-corrected chi connectivity index (χ4v) is 4.19. The van der Waals surface area contributed by atoms with Gasteiger partial charge in [-0.1, -0.05) is 29.5 Å². The van der Waals surface area contributed by atoms with Crippen LogP contribution < -0.4 is 9.64 Å². The van der Waals surface area contributed by atoms with Gasteiger partial charge in [-0.25, -0.2) is 9.37 Å². The van der Waals surface area contributed by atoms with Gasteiger partial charge in [-0.05, 0) is 70.2 Å². The van der Waals surface area contributed by atoms with Crippen LogP contribution in [0.1, 0.15) is 17.5 Å². The van der Waals surface area contributed by atoms with E-state index >= 15 is 0 Å². The molecule has 3 aromatic rings. The Bertz CT molecular complexity index is 1000. The zero-order valence-corrected chi connectivity index (χ0v) is 18.1. The fraction of sp³-hybridized carbons (Fsp3) is 0.364. The molecule has 154 valence electrons. The number of carbonyl (C=O) groups excluding carboxylic acids is 1. The third-order valence-electron chi connectivity index (χ3n) is 4.52. The summed E-state index contributed by atoms with van der Waals surface area (Å²) >= 11 is 1.50. The van der Waals surface area contributed by atoms with Crippen LogP contribution in [0.2, 0.25) is 0 Å². The van der Waals surface area contributed by atoms with E-state index in [1.54, 1.807) is 17.0 Å². The Morgan fingerprint density at radius 3 is 2.66 bits per heavy atom. The van der Waals surface area contributed by atoms with Gasteiger partial charge in [0.05, 0.1) is 10.2 Å². The first-order valence-electron chi connectivity index (χ1n) is 9.55. The molecule has 0 saturated heterocycles. The molecule has 0 aliphatic carbocycles. The lowest BCUT2D eigenvalue weighted by Gasteiger charge is -2.21. The average Bonchev–Trinajstić information content (AvgIpc) is 3.08. The molecule has 0 N–H and O–H groups in total. The minimum Gasteiger partial charge on any atom is -0.481 e. The number of para-hydroxylation sites is 1. The van der Waals surface area contributed by atoms with Crippen molar-refractivity contribution < 1.29 is 13.9 Å². The molecule has 0 unspecified atom stereocenters. The normalized spacial score (nSPS) is 11.2. The molecule has 0 spiro atoms. The second-order valence-corrected chi connectivity index (χ2v) is 8.33. The molecule has 0 fully saturated rings. The number of aryl methyl sites for hydroxylation is 2. The van der Waals surface area contributed by atoms with Crippen molar-refractivity contribution in [3.05, 3.63) is 53.3 Å². The zero-order valence-electron chi connectivity index (χ0n) is 17.2. The Balaban J connectivity index is 1.82. The molecule has 5 nitrogen and oxygen atoms in total. The van der Waals surface area contributed by atoms with Crippen molar-refractivity contribution in [2.24, 2.45) is 0 Å². The number of aromatic nitrogens is 1. The lowest BCUT2D eigenvalue weighted by atomic mass is 10.1. The zero-order chi connectivity index (χ0) is 21.0. The van der Waals surface area contributed by atoms with E-state index in [1.807, 2.05) is 27.1 Å².